The van der Waals surface area contributed by atoms with Gasteiger partial charge in [0.25, 0.3) is 5.91 Å². The number of rotatable bonds is 6. The third kappa shape index (κ3) is 4.38. The van der Waals surface area contributed by atoms with Gasteiger partial charge >= 0.3 is 0 Å². The zero-order valence-electron chi connectivity index (χ0n) is 17.2. The van der Waals surface area contributed by atoms with Crippen LogP contribution in [-0.2, 0) is 9.59 Å². The topological polar surface area (TPSA) is 78.5 Å². The lowest BCUT2D eigenvalue weighted by Gasteiger charge is -2.18. The fourth-order valence-corrected chi connectivity index (χ4v) is 3.65. The zero-order chi connectivity index (χ0) is 21.8. The Morgan fingerprint density at radius 1 is 0.871 bits per heavy atom. The van der Waals surface area contributed by atoms with Crippen molar-refractivity contribution in [1.82, 2.24) is 0 Å². The molecule has 6 nitrogen and oxygen atoms in total. The molecule has 152 valence electrons. The van der Waals surface area contributed by atoms with E-state index in [9.17, 15) is 14.4 Å². The lowest BCUT2D eigenvalue weighted by molar-refractivity contribution is -0.121. The van der Waals surface area contributed by atoms with Gasteiger partial charge in [0.05, 0.1) is 26.2 Å². The third-order valence-corrected chi connectivity index (χ3v) is 5.33. The normalized spacial score (nSPS) is 15.6. The maximum atomic E-state index is 13.0. The van der Waals surface area contributed by atoms with Crippen LogP contribution in [-0.4, -0.2) is 32.6 Å². The fraction of sp³-hybridized carbons (Fsp3) is 0.0870. The Hall–Kier alpha value is -3.80. The van der Waals surface area contributed by atoms with Gasteiger partial charge < -0.3 is 10.6 Å². The Bertz CT molecular complexity index is 1120. The summed E-state index contributed by atoms with van der Waals surface area (Å²) in [7, 11) is 2.48. The molecule has 1 fully saturated rings. The van der Waals surface area contributed by atoms with Gasteiger partial charge in [-0.3, -0.25) is 19.3 Å². The second kappa shape index (κ2) is 8.92. The lowest BCUT2D eigenvalue weighted by atomic mass is 9.47. The van der Waals surface area contributed by atoms with Gasteiger partial charge in [-0.25, -0.2) is 0 Å². The van der Waals surface area contributed by atoms with Crippen molar-refractivity contribution in [3.05, 3.63) is 84.4 Å². The summed E-state index contributed by atoms with van der Waals surface area (Å²) in [6.45, 7) is 0. The summed E-state index contributed by atoms with van der Waals surface area (Å²) >= 11 is 0. The van der Waals surface area contributed by atoms with Crippen molar-refractivity contribution >= 4 is 55.4 Å². The van der Waals surface area contributed by atoms with Crippen LogP contribution in [0.1, 0.15) is 16.8 Å². The van der Waals surface area contributed by atoms with E-state index >= 15 is 0 Å². The lowest BCUT2D eigenvalue weighted by Crippen LogP contribution is -2.32. The van der Waals surface area contributed by atoms with Gasteiger partial charge in [0.15, 0.2) is 0 Å². The van der Waals surface area contributed by atoms with Crippen LogP contribution in [0.2, 0.25) is 5.82 Å². The molecule has 0 radical (unpaired) electrons. The number of nitrogens with zero attached hydrogens (tertiary/aromatic N) is 1. The molecule has 1 heterocycles. The SMILES string of the molecule is BBC1CC(=O)N(c2ccccc2C(=O)Nc2ccc(Nc3ccccc3)cc2)C1=O. The highest BCUT2D eigenvalue weighted by atomic mass is 16.2. The third-order valence-electron chi connectivity index (χ3n) is 5.33. The van der Waals surface area contributed by atoms with Crippen molar-refractivity contribution in [3.63, 3.8) is 0 Å². The number of hydrogen-bond donors (Lipinski definition) is 2. The van der Waals surface area contributed by atoms with E-state index in [1.54, 1.807) is 36.4 Å². The van der Waals surface area contributed by atoms with Gasteiger partial charge in [-0.2, -0.15) is 0 Å². The number of para-hydroxylation sites is 2. The van der Waals surface area contributed by atoms with E-state index < -0.39 is 0 Å². The molecule has 4 rings (SSSR count). The molecule has 1 saturated heterocycles. The molecular formula is C23H21B2N3O3. The molecule has 0 saturated carbocycles. The summed E-state index contributed by atoms with van der Waals surface area (Å²) in [4.78, 5) is 39.2. The van der Waals surface area contributed by atoms with Crippen molar-refractivity contribution in [2.45, 2.75) is 12.2 Å². The van der Waals surface area contributed by atoms with Crippen LogP contribution in [0, 0.1) is 0 Å². The average molecular weight is 409 g/mol. The molecule has 3 aromatic rings. The Kier molecular flexibility index (Phi) is 5.89. The first-order chi connectivity index (χ1) is 15.1. The Labute approximate surface area is 182 Å². The molecule has 0 spiro atoms. The maximum absolute atomic E-state index is 13.0. The molecule has 1 unspecified atom stereocenters. The highest BCUT2D eigenvalue weighted by Gasteiger charge is 2.39. The van der Waals surface area contributed by atoms with Gasteiger partial charge in [0.1, 0.15) is 0 Å². The minimum Gasteiger partial charge on any atom is -0.356 e. The van der Waals surface area contributed by atoms with Crippen molar-refractivity contribution in [2.24, 2.45) is 0 Å². The molecular weight excluding hydrogens is 388 g/mol. The minimum atomic E-state index is -0.375. The summed E-state index contributed by atoms with van der Waals surface area (Å²) in [5, 5.41) is 6.14. The van der Waals surface area contributed by atoms with Crippen LogP contribution in [0.25, 0.3) is 0 Å². The van der Waals surface area contributed by atoms with E-state index in [0.717, 1.165) is 16.3 Å². The number of carbonyl (C=O) groups is 3. The van der Waals surface area contributed by atoms with Gasteiger partial charge in [-0.05, 0) is 48.5 Å². The van der Waals surface area contributed by atoms with Crippen molar-refractivity contribution in [2.75, 3.05) is 15.5 Å². The van der Waals surface area contributed by atoms with Gasteiger partial charge in [0, 0.05) is 29.3 Å². The highest BCUT2D eigenvalue weighted by Crippen LogP contribution is 2.32. The fourth-order valence-electron chi connectivity index (χ4n) is 3.65. The molecule has 0 aromatic heterocycles. The second-order valence-electron chi connectivity index (χ2n) is 7.42. The number of amides is 3. The first-order valence-electron chi connectivity index (χ1n) is 10.3. The molecule has 1 aliphatic heterocycles. The Balaban J connectivity index is 1.51. The molecule has 31 heavy (non-hydrogen) atoms. The molecule has 3 amide bonds. The molecule has 1 aliphatic rings. The van der Waals surface area contributed by atoms with Gasteiger partial charge in [0.2, 0.25) is 11.8 Å². The summed E-state index contributed by atoms with van der Waals surface area (Å²) in [6.07, 6.45) is 0.182. The smallest absolute Gasteiger partial charge is 0.257 e. The van der Waals surface area contributed by atoms with Crippen molar-refractivity contribution in [1.29, 1.82) is 0 Å². The van der Waals surface area contributed by atoms with Crippen LogP contribution in [0.5, 0.6) is 0 Å². The van der Waals surface area contributed by atoms with E-state index in [-0.39, 0.29) is 35.5 Å². The number of carbonyl (C=O) groups excluding carboxylic acids is 3. The number of anilines is 4. The minimum absolute atomic E-state index is 0.182. The van der Waals surface area contributed by atoms with Crippen LogP contribution in [0.15, 0.2) is 78.9 Å². The summed E-state index contributed by atoms with van der Waals surface area (Å²) < 4.78 is 0. The van der Waals surface area contributed by atoms with E-state index in [2.05, 4.69) is 10.6 Å². The molecule has 3 aromatic carbocycles. The molecule has 1 atom stereocenters. The standard InChI is InChI=1S/C23H21B2N3O3/c24-25-19-14-21(29)28(23(19)31)20-9-5-4-8-18(20)22(30)27-17-12-10-16(11-13-17)26-15-6-2-1-3-7-15/h1-13,19,25-26H,14,24H2,(H,27,30). The average Bonchev–Trinajstić information content (AvgIpc) is 3.08. The second-order valence-corrected chi connectivity index (χ2v) is 7.42. The van der Waals surface area contributed by atoms with Gasteiger partial charge in [-0.15, -0.1) is 0 Å². The van der Waals surface area contributed by atoms with Gasteiger partial charge in [-0.1, -0.05) is 30.3 Å². The first kappa shape index (κ1) is 20.5. The first-order valence-corrected chi connectivity index (χ1v) is 10.3. The van der Waals surface area contributed by atoms with Crippen LogP contribution < -0.4 is 15.5 Å². The van der Waals surface area contributed by atoms with Crippen LogP contribution in [0.4, 0.5) is 22.7 Å². The molecule has 2 N–H and O–H groups in total. The highest BCUT2D eigenvalue weighted by molar-refractivity contribution is 6.92. The number of imide groups is 1. The van der Waals surface area contributed by atoms with Crippen molar-refractivity contribution in [3.8, 4) is 0 Å². The Morgan fingerprint density at radius 2 is 1.48 bits per heavy atom. The zero-order valence-corrected chi connectivity index (χ0v) is 17.2. The number of hydrogen-bond acceptors (Lipinski definition) is 4. The number of nitrogens with one attached hydrogen (secondary N) is 2. The van der Waals surface area contributed by atoms with Crippen LogP contribution >= 0.6 is 0 Å². The summed E-state index contributed by atoms with van der Waals surface area (Å²) in [6, 6.07) is 23.8. The molecule has 0 bridgehead atoms. The van der Waals surface area contributed by atoms with E-state index in [1.165, 1.54) is 0 Å². The number of benzene rings is 3. The maximum Gasteiger partial charge on any atom is 0.257 e. The monoisotopic (exact) mass is 409 g/mol. The van der Waals surface area contributed by atoms with Crippen molar-refractivity contribution < 1.29 is 14.4 Å². The quantitative estimate of drug-likeness (QED) is 0.485. The van der Waals surface area contributed by atoms with E-state index in [1.807, 2.05) is 50.2 Å². The summed E-state index contributed by atoms with van der Waals surface area (Å²) in [5.41, 5.74) is 3.09. The summed E-state index contributed by atoms with van der Waals surface area (Å²) in [5.74, 6) is -1.22. The predicted molar refractivity (Wildman–Crippen MR) is 127 cm³/mol. The molecule has 8 heteroatoms. The van der Waals surface area contributed by atoms with E-state index in [4.69, 9.17) is 0 Å². The van der Waals surface area contributed by atoms with Crippen LogP contribution in [0.3, 0.4) is 0 Å². The largest absolute Gasteiger partial charge is 0.356 e. The predicted octanol–water partition coefficient (Wildman–Crippen LogP) is 2.72. The Morgan fingerprint density at radius 3 is 2.16 bits per heavy atom. The molecule has 0 aliphatic carbocycles. The van der Waals surface area contributed by atoms with E-state index in [0.29, 0.717) is 18.5 Å².